The molecule has 0 aliphatic heterocycles. The molecule has 2 aromatic rings. The van der Waals surface area contributed by atoms with E-state index in [1.54, 1.807) is 12.1 Å². The van der Waals surface area contributed by atoms with Gasteiger partial charge in [0, 0.05) is 3.57 Å². The molecule has 2 nitrogen and oxygen atoms in total. The molecule has 0 bridgehead atoms. The largest absolute Gasteiger partial charge is 0.223 e. The lowest BCUT2D eigenvalue weighted by Crippen LogP contribution is -2.04. The second-order valence-corrected chi connectivity index (χ2v) is 7.07. The molecule has 0 fully saturated rings. The zero-order valence-electron chi connectivity index (χ0n) is 9.31. The summed E-state index contributed by atoms with van der Waals surface area (Å²) in [5.74, 6) is -0.515. The summed E-state index contributed by atoms with van der Waals surface area (Å²) in [6.07, 6.45) is 0. The van der Waals surface area contributed by atoms with Gasteiger partial charge in [-0.15, -0.1) is 0 Å². The first-order valence-electron chi connectivity index (χ1n) is 5.20. The maximum absolute atomic E-state index is 12.8. The highest BCUT2D eigenvalue weighted by Gasteiger charge is 2.15. The van der Waals surface area contributed by atoms with Gasteiger partial charge in [0.05, 0.1) is 10.6 Å². The van der Waals surface area contributed by atoms with Gasteiger partial charge in [0.1, 0.15) is 5.82 Å². The average molecular weight is 376 g/mol. The van der Waals surface area contributed by atoms with Crippen LogP contribution in [0.4, 0.5) is 4.39 Å². The van der Waals surface area contributed by atoms with E-state index in [1.807, 2.05) is 12.1 Å². The van der Waals surface area contributed by atoms with Crippen LogP contribution in [0.1, 0.15) is 5.56 Å². The lowest BCUT2D eigenvalue weighted by atomic mass is 10.2. The maximum Gasteiger partial charge on any atom is 0.182 e. The highest BCUT2D eigenvalue weighted by molar-refractivity contribution is 14.1. The molecule has 94 valence electrons. The van der Waals surface area contributed by atoms with Crippen molar-refractivity contribution in [1.29, 1.82) is 0 Å². The number of hydrogen-bond acceptors (Lipinski definition) is 2. The number of halogens is 2. The van der Waals surface area contributed by atoms with Crippen molar-refractivity contribution >= 4 is 32.4 Å². The van der Waals surface area contributed by atoms with Gasteiger partial charge in [0.15, 0.2) is 9.84 Å². The fourth-order valence-corrected chi connectivity index (χ4v) is 3.23. The Morgan fingerprint density at radius 3 is 2.06 bits per heavy atom. The van der Waals surface area contributed by atoms with E-state index < -0.39 is 15.7 Å². The molecule has 0 saturated carbocycles. The minimum Gasteiger partial charge on any atom is -0.223 e. The van der Waals surface area contributed by atoms with Gasteiger partial charge in [-0.05, 0) is 64.6 Å². The van der Waals surface area contributed by atoms with Crippen molar-refractivity contribution in [2.24, 2.45) is 0 Å². The summed E-state index contributed by atoms with van der Waals surface area (Å²) in [6.45, 7) is 0. The fraction of sp³-hybridized carbons (Fsp3) is 0.0769. The molecule has 0 saturated heterocycles. The predicted octanol–water partition coefficient (Wildman–Crippen LogP) is 3.40. The third kappa shape index (κ3) is 3.29. The Hall–Kier alpha value is -0.950. The van der Waals surface area contributed by atoms with E-state index in [0.717, 1.165) is 21.3 Å². The standard InChI is InChI=1S/C13H10FIO2S/c14-11-3-7-13(8-4-11)18(16,17)9-10-1-5-12(15)6-2-10/h1-8H,9H2. The molecule has 0 heterocycles. The third-order valence-corrected chi connectivity index (χ3v) is 4.87. The molecular weight excluding hydrogens is 366 g/mol. The van der Waals surface area contributed by atoms with Crippen molar-refractivity contribution in [3.63, 3.8) is 0 Å². The van der Waals surface area contributed by atoms with Crippen LogP contribution in [0.25, 0.3) is 0 Å². The fourth-order valence-electron chi connectivity index (χ4n) is 1.53. The molecule has 0 radical (unpaired) electrons. The summed E-state index contributed by atoms with van der Waals surface area (Å²) >= 11 is 2.16. The van der Waals surface area contributed by atoms with Crippen molar-refractivity contribution in [2.45, 2.75) is 10.6 Å². The monoisotopic (exact) mass is 376 g/mol. The molecule has 18 heavy (non-hydrogen) atoms. The molecule has 0 aliphatic carbocycles. The van der Waals surface area contributed by atoms with E-state index in [1.165, 1.54) is 12.1 Å². The van der Waals surface area contributed by atoms with Crippen LogP contribution in [0.15, 0.2) is 53.4 Å². The number of sulfone groups is 1. The highest BCUT2D eigenvalue weighted by Crippen LogP contribution is 2.17. The molecule has 0 atom stereocenters. The molecule has 0 spiro atoms. The first-order valence-corrected chi connectivity index (χ1v) is 7.93. The second kappa shape index (κ2) is 5.36. The molecule has 0 N–H and O–H groups in total. The van der Waals surface area contributed by atoms with E-state index in [-0.39, 0.29) is 10.6 Å². The molecular formula is C13H10FIO2S. The molecule has 0 aromatic heterocycles. The third-order valence-electron chi connectivity index (χ3n) is 2.44. The Kier molecular flexibility index (Phi) is 4.01. The summed E-state index contributed by atoms with van der Waals surface area (Å²) < 4.78 is 37.9. The van der Waals surface area contributed by atoms with Crippen LogP contribution in [0, 0.1) is 9.39 Å². The minimum absolute atomic E-state index is 0.0739. The van der Waals surface area contributed by atoms with E-state index in [4.69, 9.17) is 0 Å². The van der Waals surface area contributed by atoms with Gasteiger partial charge in [-0.25, -0.2) is 12.8 Å². The van der Waals surface area contributed by atoms with Gasteiger partial charge in [-0.2, -0.15) is 0 Å². The highest BCUT2D eigenvalue weighted by atomic mass is 127. The summed E-state index contributed by atoms with van der Waals surface area (Å²) in [5.41, 5.74) is 0.722. The normalized spacial score (nSPS) is 11.4. The van der Waals surface area contributed by atoms with Gasteiger partial charge in [-0.3, -0.25) is 0 Å². The summed E-state index contributed by atoms with van der Waals surface area (Å²) in [4.78, 5) is 0.141. The van der Waals surface area contributed by atoms with Gasteiger partial charge in [0.2, 0.25) is 0 Å². The van der Waals surface area contributed by atoms with E-state index in [0.29, 0.717) is 0 Å². The minimum atomic E-state index is -3.41. The lowest BCUT2D eigenvalue weighted by Gasteiger charge is -2.04. The predicted molar refractivity (Wildman–Crippen MR) is 76.4 cm³/mol. The Morgan fingerprint density at radius 1 is 0.944 bits per heavy atom. The van der Waals surface area contributed by atoms with Crippen molar-refractivity contribution in [3.8, 4) is 0 Å². The molecule has 5 heteroatoms. The van der Waals surface area contributed by atoms with Gasteiger partial charge < -0.3 is 0 Å². The number of hydrogen-bond donors (Lipinski definition) is 0. The molecule has 0 amide bonds. The summed E-state index contributed by atoms with van der Waals surface area (Å²) in [7, 11) is -3.41. The van der Waals surface area contributed by atoms with Gasteiger partial charge in [-0.1, -0.05) is 12.1 Å². The van der Waals surface area contributed by atoms with Crippen molar-refractivity contribution < 1.29 is 12.8 Å². The molecule has 2 rings (SSSR count). The quantitative estimate of drug-likeness (QED) is 0.608. The van der Waals surface area contributed by atoms with Crippen molar-refractivity contribution in [2.75, 3.05) is 0 Å². The van der Waals surface area contributed by atoms with E-state index in [9.17, 15) is 12.8 Å². The van der Waals surface area contributed by atoms with Crippen molar-refractivity contribution in [3.05, 3.63) is 63.5 Å². The van der Waals surface area contributed by atoms with Crippen LogP contribution in [-0.4, -0.2) is 8.42 Å². The average Bonchev–Trinajstić information content (AvgIpc) is 2.32. The van der Waals surface area contributed by atoms with Crippen LogP contribution >= 0.6 is 22.6 Å². The zero-order valence-corrected chi connectivity index (χ0v) is 12.3. The molecule has 0 aliphatic rings. The van der Waals surface area contributed by atoms with E-state index >= 15 is 0 Å². The van der Waals surface area contributed by atoms with Gasteiger partial charge in [0.25, 0.3) is 0 Å². The molecule has 0 unspecified atom stereocenters. The second-order valence-electron chi connectivity index (χ2n) is 3.84. The smallest absolute Gasteiger partial charge is 0.182 e. The topological polar surface area (TPSA) is 34.1 Å². The van der Waals surface area contributed by atoms with Gasteiger partial charge >= 0.3 is 0 Å². The lowest BCUT2D eigenvalue weighted by molar-refractivity contribution is 0.594. The van der Waals surface area contributed by atoms with Crippen molar-refractivity contribution in [1.82, 2.24) is 0 Å². The summed E-state index contributed by atoms with van der Waals surface area (Å²) in [6, 6.07) is 12.2. The van der Waals surface area contributed by atoms with Crippen LogP contribution in [0.5, 0.6) is 0 Å². The Balaban J connectivity index is 2.27. The first-order chi connectivity index (χ1) is 8.47. The zero-order chi connectivity index (χ0) is 13.2. The van der Waals surface area contributed by atoms with Crippen LogP contribution < -0.4 is 0 Å². The Labute approximate surface area is 119 Å². The first kappa shape index (κ1) is 13.5. The maximum atomic E-state index is 12.8. The van der Waals surface area contributed by atoms with Crippen LogP contribution in [0.3, 0.4) is 0 Å². The SMILES string of the molecule is O=S(=O)(Cc1ccc(I)cc1)c1ccc(F)cc1. The molecule has 2 aromatic carbocycles. The number of benzene rings is 2. The van der Waals surface area contributed by atoms with E-state index in [2.05, 4.69) is 22.6 Å². The summed E-state index contributed by atoms with van der Waals surface area (Å²) in [5, 5.41) is 0. The Morgan fingerprint density at radius 2 is 1.50 bits per heavy atom. The Bertz CT molecular complexity index is 634. The number of rotatable bonds is 3. The van der Waals surface area contributed by atoms with Crippen LogP contribution in [-0.2, 0) is 15.6 Å². The van der Waals surface area contributed by atoms with Crippen LogP contribution in [0.2, 0.25) is 0 Å².